The Morgan fingerprint density at radius 2 is 1.95 bits per heavy atom. The van der Waals surface area contributed by atoms with Gasteiger partial charge in [-0.1, -0.05) is 6.07 Å². The van der Waals surface area contributed by atoms with Gasteiger partial charge in [0.25, 0.3) is 11.6 Å². The number of thioether (sulfide) groups is 1. The van der Waals surface area contributed by atoms with E-state index in [4.69, 9.17) is 5.41 Å². The monoisotopic (exact) mass is 519 g/mol. The second-order valence-electron chi connectivity index (χ2n) is 9.17. The van der Waals surface area contributed by atoms with E-state index in [0.717, 1.165) is 54.6 Å². The van der Waals surface area contributed by atoms with Crippen molar-refractivity contribution in [3.05, 3.63) is 62.5 Å². The highest BCUT2D eigenvalue weighted by atomic mass is 32.2. The van der Waals surface area contributed by atoms with Crippen LogP contribution in [0.3, 0.4) is 0 Å². The van der Waals surface area contributed by atoms with Gasteiger partial charge >= 0.3 is 0 Å². The number of fused-ring (bicyclic) bond motifs is 1. The molecule has 190 valence electrons. The van der Waals surface area contributed by atoms with Crippen LogP contribution in [-0.4, -0.2) is 60.4 Å². The van der Waals surface area contributed by atoms with Gasteiger partial charge in [-0.15, -0.1) is 0 Å². The van der Waals surface area contributed by atoms with E-state index in [-0.39, 0.29) is 34.6 Å². The number of carbonyl (C=O) groups is 2. The van der Waals surface area contributed by atoms with Crippen LogP contribution in [0, 0.1) is 36.3 Å². The number of nitrogens with one attached hydrogen (secondary N) is 1. The number of hydrazone groups is 1. The minimum atomic E-state index is -0.553. The quantitative estimate of drug-likeness (QED) is 0.361. The number of carbonyl (C=O) groups excluding carboxylic acids is 2. The van der Waals surface area contributed by atoms with Crippen LogP contribution in [0.4, 0.5) is 5.69 Å². The van der Waals surface area contributed by atoms with Gasteiger partial charge in [-0.25, -0.2) is 0 Å². The first-order chi connectivity index (χ1) is 17.6. The molecule has 11 nitrogen and oxygen atoms in total. The van der Waals surface area contributed by atoms with Gasteiger partial charge in [0.15, 0.2) is 5.84 Å². The summed E-state index contributed by atoms with van der Waals surface area (Å²) in [4.78, 5) is 42.2. The Bertz CT molecular complexity index is 1460. The van der Waals surface area contributed by atoms with Crippen LogP contribution in [0.5, 0.6) is 0 Å². The molecule has 0 radical (unpaired) electrons. The van der Waals surface area contributed by atoms with Gasteiger partial charge in [-0.3, -0.25) is 25.1 Å². The Hall–Kier alpha value is -4.06. The molecule has 3 aliphatic heterocycles. The highest BCUT2D eigenvalue weighted by Crippen LogP contribution is 2.32. The van der Waals surface area contributed by atoms with Crippen LogP contribution in [0.2, 0.25) is 0 Å². The highest BCUT2D eigenvalue weighted by Gasteiger charge is 2.37. The number of amides is 2. The predicted molar refractivity (Wildman–Crippen MR) is 142 cm³/mol. The molecule has 0 saturated carbocycles. The number of rotatable bonds is 5. The summed E-state index contributed by atoms with van der Waals surface area (Å²) < 4.78 is 1.90. The maximum Gasteiger partial charge on any atom is 0.283 e. The van der Waals surface area contributed by atoms with E-state index in [9.17, 15) is 19.7 Å². The number of likely N-dealkylation sites (tertiary alicyclic amines) is 1. The lowest BCUT2D eigenvalue weighted by molar-refractivity contribution is -0.384. The van der Waals surface area contributed by atoms with Gasteiger partial charge in [-0.2, -0.15) is 15.1 Å². The van der Waals surface area contributed by atoms with E-state index < -0.39 is 10.8 Å². The first kappa shape index (κ1) is 24.6. The number of aryl methyl sites for hydroxylation is 2. The fourth-order valence-electron chi connectivity index (χ4n) is 4.72. The Balaban J connectivity index is 1.44. The number of hydrogen-bond acceptors (Lipinski definition) is 7. The third kappa shape index (κ3) is 4.48. The summed E-state index contributed by atoms with van der Waals surface area (Å²) in [5.41, 5.74) is 3.88. The van der Waals surface area contributed by atoms with E-state index in [2.05, 4.69) is 10.1 Å². The highest BCUT2D eigenvalue weighted by molar-refractivity contribution is 8.27. The zero-order valence-corrected chi connectivity index (χ0v) is 21.5. The van der Waals surface area contributed by atoms with Crippen molar-refractivity contribution in [1.82, 2.24) is 14.5 Å². The van der Waals surface area contributed by atoms with Crippen molar-refractivity contribution in [2.24, 2.45) is 10.1 Å². The van der Waals surface area contributed by atoms with Crippen molar-refractivity contribution < 1.29 is 14.5 Å². The number of amidine groups is 2. The number of nitro benzene ring substituents is 1. The molecule has 1 fully saturated rings. The molecule has 3 aliphatic rings. The van der Waals surface area contributed by atoms with Gasteiger partial charge in [0.05, 0.1) is 22.6 Å². The standard InChI is InChI=1S/C25H25N7O4S/c1-14-6-7-18(32(35)36)12-20(14)30-15(2)10-17(16(30)3)11-19-23(26)31-25(27-24(19)34)37-21(28-31)13-22(33)29-8-4-5-9-29/h6-7,10-12,26H,4-5,8-9,13H2,1-3H3/b19-11-,26-23?. The molecule has 1 N–H and O–H groups in total. The maximum atomic E-state index is 12.9. The second-order valence-corrected chi connectivity index (χ2v) is 10.2. The Kier molecular flexibility index (Phi) is 6.28. The Morgan fingerprint density at radius 1 is 1.22 bits per heavy atom. The van der Waals surface area contributed by atoms with Crippen LogP contribution in [0.1, 0.15) is 41.8 Å². The lowest BCUT2D eigenvalue weighted by Crippen LogP contribution is -2.35. The molecule has 0 spiro atoms. The smallest absolute Gasteiger partial charge is 0.283 e. The number of benzene rings is 1. The first-order valence-corrected chi connectivity index (χ1v) is 12.7. The van der Waals surface area contributed by atoms with E-state index in [1.807, 2.05) is 36.3 Å². The molecule has 1 saturated heterocycles. The molecule has 0 bridgehead atoms. The molecule has 5 rings (SSSR count). The summed E-state index contributed by atoms with van der Waals surface area (Å²) in [6, 6.07) is 6.56. The lowest BCUT2D eigenvalue weighted by atomic mass is 10.1. The zero-order valence-electron chi connectivity index (χ0n) is 20.6. The molecule has 0 aliphatic carbocycles. The van der Waals surface area contributed by atoms with Crippen LogP contribution in [-0.2, 0) is 9.59 Å². The minimum Gasteiger partial charge on any atom is -0.342 e. The average molecular weight is 520 g/mol. The molecule has 1 aromatic heterocycles. The molecule has 2 amide bonds. The average Bonchev–Trinajstić information content (AvgIpc) is 3.57. The van der Waals surface area contributed by atoms with Crippen LogP contribution >= 0.6 is 11.8 Å². The summed E-state index contributed by atoms with van der Waals surface area (Å²) in [6.07, 6.45) is 3.71. The van der Waals surface area contributed by atoms with Gasteiger partial charge in [0.1, 0.15) is 5.04 Å². The van der Waals surface area contributed by atoms with Crippen LogP contribution in [0.25, 0.3) is 11.8 Å². The third-order valence-electron chi connectivity index (χ3n) is 6.67. The first-order valence-electron chi connectivity index (χ1n) is 11.9. The largest absolute Gasteiger partial charge is 0.342 e. The van der Waals surface area contributed by atoms with Crippen molar-refractivity contribution in [3.8, 4) is 5.69 Å². The summed E-state index contributed by atoms with van der Waals surface area (Å²) >= 11 is 1.14. The number of non-ortho nitro benzene ring substituents is 1. The Labute approximate surface area is 217 Å². The third-order valence-corrected chi connectivity index (χ3v) is 7.58. The molecule has 37 heavy (non-hydrogen) atoms. The number of nitro groups is 1. The summed E-state index contributed by atoms with van der Waals surface area (Å²) in [6.45, 7) is 7.10. The van der Waals surface area contributed by atoms with E-state index >= 15 is 0 Å². The van der Waals surface area contributed by atoms with E-state index in [1.165, 1.54) is 17.1 Å². The molecular formula is C25H25N7O4S. The lowest BCUT2D eigenvalue weighted by Gasteiger charge is -2.20. The number of nitrogens with zero attached hydrogens (tertiary/aromatic N) is 6. The van der Waals surface area contributed by atoms with Gasteiger partial charge < -0.3 is 9.47 Å². The van der Waals surface area contributed by atoms with E-state index in [1.54, 1.807) is 12.1 Å². The Morgan fingerprint density at radius 3 is 2.65 bits per heavy atom. The minimum absolute atomic E-state index is 0.0116. The number of aliphatic imine (C=N–C) groups is 1. The molecule has 2 aromatic rings. The zero-order chi connectivity index (χ0) is 26.4. The van der Waals surface area contributed by atoms with Gasteiger partial charge in [0, 0.05) is 36.6 Å². The normalized spacial score (nSPS) is 18.4. The number of aromatic nitrogens is 1. The molecule has 1 aromatic carbocycles. The van der Waals surface area contributed by atoms with E-state index in [0.29, 0.717) is 16.3 Å². The van der Waals surface area contributed by atoms with Gasteiger partial charge in [-0.05, 0) is 68.6 Å². The predicted octanol–water partition coefficient (Wildman–Crippen LogP) is 3.94. The summed E-state index contributed by atoms with van der Waals surface area (Å²) in [5.74, 6) is -0.674. The van der Waals surface area contributed by atoms with Crippen molar-refractivity contribution in [2.75, 3.05) is 13.1 Å². The molecule has 0 unspecified atom stereocenters. The second kappa shape index (κ2) is 9.43. The fourth-order valence-corrected chi connectivity index (χ4v) is 5.60. The summed E-state index contributed by atoms with van der Waals surface area (Å²) in [5, 5.41) is 26.5. The van der Waals surface area contributed by atoms with Crippen molar-refractivity contribution in [3.63, 3.8) is 0 Å². The van der Waals surface area contributed by atoms with Crippen molar-refractivity contribution in [1.29, 1.82) is 5.41 Å². The fraction of sp³-hybridized carbons (Fsp3) is 0.320. The number of hydrogen-bond donors (Lipinski definition) is 1. The molecule has 4 heterocycles. The summed E-state index contributed by atoms with van der Waals surface area (Å²) in [7, 11) is 0. The molecular weight excluding hydrogens is 494 g/mol. The topological polar surface area (TPSA) is 137 Å². The van der Waals surface area contributed by atoms with Crippen molar-refractivity contribution in [2.45, 2.75) is 40.0 Å². The van der Waals surface area contributed by atoms with Crippen LogP contribution < -0.4 is 0 Å². The maximum absolute atomic E-state index is 12.9. The SMILES string of the molecule is Cc1ccc([N+](=O)[O-])cc1-n1c(C)cc(/C=C2/C(=N)N3N=C(CC(=O)N4CCCC4)SC3=NC2=O)c1C. The van der Waals surface area contributed by atoms with Crippen LogP contribution in [0.15, 0.2) is 39.9 Å². The molecule has 12 heteroatoms. The van der Waals surface area contributed by atoms with Gasteiger partial charge in [0.2, 0.25) is 11.1 Å². The van der Waals surface area contributed by atoms with Crippen molar-refractivity contribution >= 4 is 51.4 Å². The molecule has 0 atom stereocenters.